The average Bonchev–Trinajstić information content (AvgIpc) is 3.12. The smallest absolute Gasteiger partial charge is 0.259 e. The summed E-state index contributed by atoms with van der Waals surface area (Å²) in [5.41, 5.74) is 4.95. The van der Waals surface area contributed by atoms with Crippen LogP contribution in [0.2, 0.25) is 0 Å². The predicted molar refractivity (Wildman–Crippen MR) is 124 cm³/mol. The highest BCUT2D eigenvalue weighted by Crippen LogP contribution is 2.37. The van der Waals surface area contributed by atoms with Crippen molar-refractivity contribution in [1.82, 2.24) is 14.3 Å². The summed E-state index contributed by atoms with van der Waals surface area (Å²) >= 11 is 0. The quantitative estimate of drug-likeness (QED) is 0.468. The van der Waals surface area contributed by atoms with Crippen molar-refractivity contribution in [3.63, 3.8) is 0 Å². The fourth-order valence-electron chi connectivity index (χ4n) is 3.51. The van der Waals surface area contributed by atoms with Crippen molar-refractivity contribution in [3.8, 4) is 17.0 Å². The molecule has 0 spiro atoms. The fourth-order valence-corrected chi connectivity index (χ4v) is 3.51. The first-order valence-corrected chi connectivity index (χ1v) is 10.3. The maximum atomic E-state index is 14.1. The summed E-state index contributed by atoms with van der Waals surface area (Å²) in [6.07, 6.45) is 1.40. The van der Waals surface area contributed by atoms with Crippen LogP contribution in [0.3, 0.4) is 0 Å². The Morgan fingerprint density at radius 3 is 2.50 bits per heavy atom. The van der Waals surface area contributed by atoms with E-state index in [0.717, 1.165) is 16.8 Å². The summed E-state index contributed by atoms with van der Waals surface area (Å²) in [5.74, 6) is 0.626. The number of likely N-dealkylation sites (N-methyl/N-ethyl adjacent to an activating group) is 1. The minimum atomic E-state index is -0.368. The first kappa shape index (κ1) is 21.4. The highest BCUT2D eigenvalue weighted by Gasteiger charge is 2.20. The third-order valence-corrected chi connectivity index (χ3v) is 5.30. The molecule has 0 unspecified atom stereocenters. The molecule has 164 valence electrons. The number of aromatic nitrogens is 2. The Hall–Kier alpha value is -3.87. The van der Waals surface area contributed by atoms with Crippen molar-refractivity contribution in [2.24, 2.45) is 0 Å². The van der Waals surface area contributed by atoms with Gasteiger partial charge < -0.3 is 15.0 Å². The van der Waals surface area contributed by atoms with Gasteiger partial charge in [0.15, 0.2) is 6.61 Å². The van der Waals surface area contributed by atoms with E-state index in [4.69, 9.17) is 9.72 Å². The van der Waals surface area contributed by atoms with E-state index in [-0.39, 0.29) is 18.3 Å². The lowest BCUT2D eigenvalue weighted by Crippen LogP contribution is -2.27. The molecule has 0 fully saturated rings. The molecule has 0 aliphatic heterocycles. The van der Waals surface area contributed by atoms with Crippen molar-refractivity contribution in [1.29, 1.82) is 0 Å². The summed E-state index contributed by atoms with van der Waals surface area (Å²) in [6, 6.07) is 16.4. The number of halogens is 1. The van der Waals surface area contributed by atoms with Crippen LogP contribution >= 0.6 is 0 Å². The Kier molecular flexibility index (Phi) is 5.81. The number of nitrogens with zero attached hydrogens (tertiary/aromatic N) is 3. The van der Waals surface area contributed by atoms with E-state index >= 15 is 0 Å². The number of fused-ring (bicyclic) bond motifs is 1. The molecule has 2 heterocycles. The zero-order valence-corrected chi connectivity index (χ0v) is 18.5. The molecule has 0 bridgehead atoms. The van der Waals surface area contributed by atoms with Crippen molar-refractivity contribution in [2.45, 2.75) is 13.8 Å². The van der Waals surface area contributed by atoms with E-state index in [1.807, 2.05) is 50.2 Å². The number of ether oxygens (including phenoxy) is 1. The third kappa shape index (κ3) is 4.14. The molecule has 4 aromatic rings. The second-order valence-corrected chi connectivity index (χ2v) is 7.85. The molecule has 4 rings (SSSR count). The van der Waals surface area contributed by atoms with Gasteiger partial charge in [-0.25, -0.2) is 9.37 Å². The van der Waals surface area contributed by atoms with Crippen LogP contribution in [0.5, 0.6) is 5.75 Å². The van der Waals surface area contributed by atoms with E-state index < -0.39 is 0 Å². The molecular formula is C25H25FN4O2. The maximum absolute atomic E-state index is 14.1. The minimum Gasteiger partial charge on any atom is -0.483 e. The number of benzene rings is 2. The van der Waals surface area contributed by atoms with E-state index in [0.29, 0.717) is 28.5 Å². The number of para-hydroxylation sites is 2. The van der Waals surface area contributed by atoms with Gasteiger partial charge in [-0.1, -0.05) is 30.3 Å². The number of hydrogen-bond donors (Lipinski definition) is 1. The van der Waals surface area contributed by atoms with Crippen LogP contribution in [-0.4, -0.2) is 40.9 Å². The van der Waals surface area contributed by atoms with Gasteiger partial charge in [-0.15, -0.1) is 0 Å². The number of pyridine rings is 1. The molecule has 0 aliphatic carbocycles. The number of nitrogens with one attached hydrogen (secondary N) is 1. The number of anilines is 2. The van der Waals surface area contributed by atoms with Crippen LogP contribution in [0.15, 0.2) is 60.8 Å². The number of carbonyl (C=O) groups excluding carboxylic acids is 1. The Labute approximate surface area is 186 Å². The third-order valence-electron chi connectivity index (χ3n) is 5.30. The maximum Gasteiger partial charge on any atom is 0.259 e. The molecule has 32 heavy (non-hydrogen) atoms. The largest absolute Gasteiger partial charge is 0.483 e. The summed E-state index contributed by atoms with van der Waals surface area (Å²) in [6.45, 7) is 3.94. The van der Waals surface area contributed by atoms with Gasteiger partial charge in [0.2, 0.25) is 0 Å². The van der Waals surface area contributed by atoms with Crippen LogP contribution in [0.4, 0.5) is 15.9 Å². The Bertz CT molecular complexity index is 1280. The van der Waals surface area contributed by atoms with Gasteiger partial charge in [0.05, 0.1) is 0 Å². The summed E-state index contributed by atoms with van der Waals surface area (Å²) in [4.78, 5) is 18.3. The monoisotopic (exact) mass is 432 g/mol. The van der Waals surface area contributed by atoms with Crippen LogP contribution in [-0.2, 0) is 4.79 Å². The Morgan fingerprint density at radius 2 is 1.78 bits per heavy atom. The number of rotatable bonds is 6. The second-order valence-electron chi connectivity index (χ2n) is 7.85. The molecule has 1 N–H and O–H groups in total. The molecule has 0 radical (unpaired) electrons. The molecule has 2 aromatic heterocycles. The van der Waals surface area contributed by atoms with Gasteiger partial charge in [-0.3, -0.25) is 9.20 Å². The van der Waals surface area contributed by atoms with Crippen LogP contribution in [0.1, 0.15) is 11.1 Å². The van der Waals surface area contributed by atoms with Crippen LogP contribution < -0.4 is 10.1 Å². The van der Waals surface area contributed by atoms with E-state index in [9.17, 15) is 9.18 Å². The molecule has 0 aliphatic rings. The van der Waals surface area contributed by atoms with Crippen molar-refractivity contribution in [3.05, 3.63) is 77.7 Å². The standard InChI is InChI=1S/C25H25FN4O2/c1-16-8-7-9-17(2)23(16)28-25-24(27-21-13-12-18(26)14-30(21)25)19-10-5-6-11-20(19)32-15-22(31)29(3)4/h5-14,28H,15H2,1-4H3. The first-order valence-electron chi connectivity index (χ1n) is 10.3. The first-order chi connectivity index (χ1) is 15.3. The Morgan fingerprint density at radius 1 is 1.06 bits per heavy atom. The van der Waals surface area contributed by atoms with Crippen LogP contribution in [0, 0.1) is 19.7 Å². The van der Waals surface area contributed by atoms with Gasteiger partial charge in [-0.05, 0) is 49.2 Å². The normalized spacial score (nSPS) is 10.9. The van der Waals surface area contributed by atoms with Crippen molar-refractivity contribution < 1.29 is 13.9 Å². The summed E-state index contributed by atoms with van der Waals surface area (Å²) in [7, 11) is 3.36. The number of aryl methyl sites for hydroxylation is 2. The van der Waals surface area contributed by atoms with Gasteiger partial charge >= 0.3 is 0 Å². The zero-order chi connectivity index (χ0) is 22.8. The zero-order valence-electron chi connectivity index (χ0n) is 18.5. The molecule has 2 aromatic carbocycles. The lowest BCUT2D eigenvalue weighted by Gasteiger charge is -2.16. The minimum absolute atomic E-state index is 0.0916. The lowest BCUT2D eigenvalue weighted by atomic mass is 10.1. The molecular weight excluding hydrogens is 407 g/mol. The van der Waals surface area contributed by atoms with Crippen molar-refractivity contribution in [2.75, 3.05) is 26.0 Å². The van der Waals surface area contributed by atoms with Gasteiger partial charge in [0.1, 0.15) is 28.7 Å². The molecule has 6 nitrogen and oxygen atoms in total. The lowest BCUT2D eigenvalue weighted by molar-refractivity contribution is -0.130. The predicted octanol–water partition coefficient (Wildman–Crippen LogP) is 4.97. The SMILES string of the molecule is Cc1cccc(C)c1Nc1c(-c2ccccc2OCC(=O)N(C)C)nc2ccc(F)cn12. The van der Waals surface area contributed by atoms with Crippen molar-refractivity contribution >= 4 is 23.1 Å². The molecule has 0 saturated carbocycles. The van der Waals surface area contributed by atoms with E-state index in [2.05, 4.69) is 5.32 Å². The topological polar surface area (TPSA) is 58.9 Å². The van der Waals surface area contributed by atoms with Gasteiger partial charge in [0.25, 0.3) is 5.91 Å². The molecule has 7 heteroatoms. The summed E-state index contributed by atoms with van der Waals surface area (Å²) in [5, 5.41) is 3.47. The number of carbonyl (C=O) groups is 1. The van der Waals surface area contributed by atoms with Gasteiger partial charge in [0, 0.05) is 31.5 Å². The van der Waals surface area contributed by atoms with E-state index in [1.54, 1.807) is 30.6 Å². The fraction of sp³-hybridized carbons (Fsp3) is 0.200. The van der Waals surface area contributed by atoms with E-state index in [1.165, 1.54) is 17.2 Å². The molecule has 1 amide bonds. The number of hydrogen-bond acceptors (Lipinski definition) is 4. The molecule has 0 atom stereocenters. The summed E-state index contributed by atoms with van der Waals surface area (Å²) < 4.78 is 21.7. The Balaban J connectivity index is 1.85. The average molecular weight is 432 g/mol. The van der Waals surface area contributed by atoms with Gasteiger partial charge in [-0.2, -0.15) is 0 Å². The second kappa shape index (κ2) is 8.70. The molecule has 0 saturated heterocycles. The number of imidazole rings is 1. The number of amides is 1. The highest BCUT2D eigenvalue weighted by atomic mass is 19.1. The van der Waals surface area contributed by atoms with Crippen LogP contribution in [0.25, 0.3) is 16.9 Å². The highest BCUT2D eigenvalue weighted by molar-refractivity contribution is 5.84.